The highest BCUT2D eigenvalue weighted by Gasteiger charge is 2.29. The lowest BCUT2D eigenvalue weighted by Gasteiger charge is -2.38. The molecule has 0 aliphatic heterocycles. The molecule has 0 aromatic carbocycles. The van der Waals surface area contributed by atoms with Crippen LogP contribution in [-0.4, -0.2) is 41.8 Å². The maximum Gasteiger partial charge on any atom is 0.0695 e. The van der Waals surface area contributed by atoms with E-state index in [0.29, 0.717) is 18.0 Å². The van der Waals surface area contributed by atoms with E-state index in [4.69, 9.17) is 5.73 Å². The summed E-state index contributed by atoms with van der Waals surface area (Å²) >= 11 is 0. The number of aliphatic hydroxyl groups is 1. The van der Waals surface area contributed by atoms with Crippen molar-refractivity contribution in [2.45, 2.75) is 76.0 Å². The molecule has 4 atom stereocenters. The largest absolute Gasteiger partial charge is 0.391 e. The van der Waals surface area contributed by atoms with Gasteiger partial charge in [-0.1, -0.05) is 32.1 Å². The number of hydrogen-bond donors (Lipinski definition) is 2. The third-order valence-corrected chi connectivity index (χ3v) is 5.00. The third-order valence-electron chi connectivity index (χ3n) is 5.00. The molecule has 18 heavy (non-hydrogen) atoms. The number of hydrogen-bond acceptors (Lipinski definition) is 3. The SMILES string of the molecule is CN(CC1CCCCCC1N)C1CCCCC1O. The van der Waals surface area contributed by atoms with Crippen molar-refractivity contribution < 1.29 is 5.11 Å². The maximum atomic E-state index is 10.1. The van der Waals surface area contributed by atoms with Gasteiger partial charge in [0.25, 0.3) is 0 Å². The van der Waals surface area contributed by atoms with Crippen molar-refractivity contribution in [3.05, 3.63) is 0 Å². The predicted molar refractivity (Wildman–Crippen MR) is 75.4 cm³/mol. The lowest BCUT2D eigenvalue weighted by molar-refractivity contribution is 0.0234. The molecule has 3 nitrogen and oxygen atoms in total. The number of rotatable bonds is 3. The van der Waals surface area contributed by atoms with Crippen LogP contribution in [0.2, 0.25) is 0 Å². The van der Waals surface area contributed by atoms with Gasteiger partial charge in [0.05, 0.1) is 6.10 Å². The molecule has 2 rings (SSSR count). The van der Waals surface area contributed by atoms with E-state index in [1.165, 1.54) is 44.9 Å². The summed E-state index contributed by atoms with van der Waals surface area (Å²) in [5.41, 5.74) is 6.30. The highest BCUT2D eigenvalue weighted by Crippen LogP contribution is 2.27. The Kier molecular flexibility index (Phi) is 5.46. The lowest BCUT2D eigenvalue weighted by Crippen LogP contribution is -2.47. The second-order valence-electron chi connectivity index (χ2n) is 6.42. The Labute approximate surface area is 112 Å². The molecule has 106 valence electrons. The molecule has 0 bridgehead atoms. The zero-order valence-electron chi connectivity index (χ0n) is 11.9. The number of likely N-dealkylation sites (N-methyl/N-ethyl adjacent to an activating group) is 1. The summed E-state index contributed by atoms with van der Waals surface area (Å²) in [4.78, 5) is 2.39. The minimum Gasteiger partial charge on any atom is -0.391 e. The zero-order chi connectivity index (χ0) is 13.0. The van der Waals surface area contributed by atoms with Crippen LogP contribution in [0.4, 0.5) is 0 Å². The second-order valence-corrected chi connectivity index (χ2v) is 6.42. The van der Waals surface area contributed by atoms with Crippen LogP contribution in [0, 0.1) is 5.92 Å². The van der Waals surface area contributed by atoms with E-state index < -0.39 is 0 Å². The van der Waals surface area contributed by atoms with Gasteiger partial charge in [-0.15, -0.1) is 0 Å². The van der Waals surface area contributed by atoms with E-state index in [1.54, 1.807) is 0 Å². The number of aliphatic hydroxyl groups excluding tert-OH is 1. The molecule has 2 aliphatic rings. The van der Waals surface area contributed by atoms with Crippen molar-refractivity contribution >= 4 is 0 Å². The van der Waals surface area contributed by atoms with Crippen molar-refractivity contribution in [2.24, 2.45) is 11.7 Å². The molecule has 0 amide bonds. The van der Waals surface area contributed by atoms with Crippen molar-refractivity contribution in [2.75, 3.05) is 13.6 Å². The van der Waals surface area contributed by atoms with Crippen LogP contribution >= 0.6 is 0 Å². The summed E-state index contributed by atoms with van der Waals surface area (Å²) in [6.07, 6.45) is 10.9. The normalized spacial score (nSPS) is 38.7. The van der Waals surface area contributed by atoms with Crippen molar-refractivity contribution in [3.63, 3.8) is 0 Å². The molecule has 0 spiro atoms. The van der Waals surface area contributed by atoms with Crippen LogP contribution in [0.3, 0.4) is 0 Å². The van der Waals surface area contributed by atoms with Crippen LogP contribution in [0.1, 0.15) is 57.8 Å². The molecule has 2 fully saturated rings. The van der Waals surface area contributed by atoms with Gasteiger partial charge in [-0.05, 0) is 38.6 Å². The lowest BCUT2D eigenvalue weighted by atomic mass is 9.89. The smallest absolute Gasteiger partial charge is 0.0695 e. The minimum atomic E-state index is -0.120. The van der Waals surface area contributed by atoms with Crippen LogP contribution < -0.4 is 5.73 Å². The summed E-state index contributed by atoms with van der Waals surface area (Å²) in [7, 11) is 2.18. The number of nitrogens with zero attached hydrogens (tertiary/aromatic N) is 1. The first-order valence-corrected chi connectivity index (χ1v) is 7.82. The first-order chi connectivity index (χ1) is 8.68. The minimum absolute atomic E-state index is 0.120. The molecule has 3 N–H and O–H groups in total. The first-order valence-electron chi connectivity index (χ1n) is 7.82. The average Bonchev–Trinajstić information content (AvgIpc) is 2.55. The Hall–Kier alpha value is -0.120. The fraction of sp³-hybridized carbons (Fsp3) is 1.00. The van der Waals surface area contributed by atoms with E-state index in [-0.39, 0.29) is 6.10 Å². The van der Waals surface area contributed by atoms with Crippen molar-refractivity contribution in [3.8, 4) is 0 Å². The summed E-state index contributed by atoms with van der Waals surface area (Å²) in [5, 5.41) is 10.1. The van der Waals surface area contributed by atoms with E-state index in [1.807, 2.05) is 0 Å². The molecule has 0 heterocycles. The van der Waals surface area contributed by atoms with E-state index >= 15 is 0 Å². The van der Waals surface area contributed by atoms with Crippen LogP contribution in [0.15, 0.2) is 0 Å². The van der Waals surface area contributed by atoms with Gasteiger partial charge in [-0.3, -0.25) is 0 Å². The molecule has 4 unspecified atom stereocenters. The van der Waals surface area contributed by atoms with Gasteiger partial charge < -0.3 is 15.7 Å². The Morgan fingerprint density at radius 1 is 1.00 bits per heavy atom. The maximum absolute atomic E-state index is 10.1. The summed E-state index contributed by atoms with van der Waals surface area (Å²) in [5.74, 6) is 0.631. The monoisotopic (exact) mass is 254 g/mol. The van der Waals surface area contributed by atoms with Crippen molar-refractivity contribution in [1.29, 1.82) is 0 Å². The van der Waals surface area contributed by atoms with Crippen molar-refractivity contribution in [1.82, 2.24) is 4.90 Å². The molecule has 0 aromatic heterocycles. The summed E-state index contributed by atoms with van der Waals surface area (Å²) in [6, 6.07) is 0.741. The van der Waals surface area contributed by atoms with E-state index in [2.05, 4.69) is 11.9 Å². The average molecular weight is 254 g/mol. The molecule has 0 aromatic rings. The summed E-state index contributed by atoms with van der Waals surface area (Å²) < 4.78 is 0. The highest BCUT2D eigenvalue weighted by molar-refractivity contribution is 4.85. The predicted octanol–water partition coefficient (Wildman–Crippen LogP) is 2.13. The Morgan fingerprint density at radius 3 is 2.44 bits per heavy atom. The second kappa shape index (κ2) is 6.88. The first kappa shape index (κ1) is 14.3. The van der Waals surface area contributed by atoms with Crippen LogP contribution in [-0.2, 0) is 0 Å². The Bertz CT molecular complexity index is 247. The highest BCUT2D eigenvalue weighted by atomic mass is 16.3. The quantitative estimate of drug-likeness (QED) is 0.759. The van der Waals surface area contributed by atoms with Crippen LogP contribution in [0.5, 0.6) is 0 Å². The third kappa shape index (κ3) is 3.69. The molecule has 0 saturated heterocycles. The van der Waals surface area contributed by atoms with Gasteiger partial charge in [-0.2, -0.15) is 0 Å². The van der Waals surface area contributed by atoms with Gasteiger partial charge in [-0.25, -0.2) is 0 Å². The van der Waals surface area contributed by atoms with E-state index in [0.717, 1.165) is 19.4 Å². The summed E-state index contributed by atoms with van der Waals surface area (Å²) in [6.45, 7) is 1.07. The fourth-order valence-corrected chi connectivity index (χ4v) is 3.75. The van der Waals surface area contributed by atoms with Gasteiger partial charge in [0, 0.05) is 18.6 Å². The van der Waals surface area contributed by atoms with Gasteiger partial charge in [0.15, 0.2) is 0 Å². The Morgan fingerprint density at radius 2 is 1.67 bits per heavy atom. The molecular weight excluding hydrogens is 224 g/mol. The molecule has 3 heteroatoms. The van der Waals surface area contributed by atoms with Gasteiger partial charge >= 0.3 is 0 Å². The van der Waals surface area contributed by atoms with Crippen LogP contribution in [0.25, 0.3) is 0 Å². The van der Waals surface area contributed by atoms with Gasteiger partial charge in [0.2, 0.25) is 0 Å². The fourth-order valence-electron chi connectivity index (χ4n) is 3.75. The topological polar surface area (TPSA) is 49.5 Å². The zero-order valence-corrected chi connectivity index (χ0v) is 11.9. The standard InChI is InChI=1S/C15H30N2O/c1-17(14-9-5-6-10-15(14)18)11-12-7-3-2-4-8-13(12)16/h12-15,18H,2-11,16H2,1H3. The van der Waals surface area contributed by atoms with E-state index in [9.17, 15) is 5.11 Å². The van der Waals surface area contributed by atoms with Gasteiger partial charge in [0.1, 0.15) is 0 Å². The molecule has 2 aliphatic carbocycles. The molecule has 0 radical (unpaired) electrons. The number of nitrogens with two attached hydrogens (primary N) is 1. The molecular formula is C15H30N2O. The Balaban J connectivity index is 1.86. The molecule has 2 saturated carbocycles.